The predicted molar refractivity (Wildman–Crippen MR) is 82.0 cm³/mol. The van der Waals surface area contributed by atoms with Gasteiger partial charge in [0.25, 0.3) is 0 Å². The maximum atomic E-state index is 11.9. The summed E-state index contributed by atoms with van der Waals surface area (Å²) in [6.07, 6.45) is 9.53. The highest BCUT2D eigenvalue weighted by Gasteiger charge is 2.28. The van der Waals surface area contributed by atoms with Crippen LogP contribution >= 0.6 is 12.2 Å². The molecule has 0 radical (unpaired) electrons. The second kappa shape index (κ2) is 9.29. The molecule has 0 aliphatic heterocycles. The van der Waals surface area contributed by atoms with Crippen LogP contribution in [0.25, 0.3) is 0 Å². The number of unbranched alkanes of at least 4 members (excludes halogenated alkanes) is 4. The van der Waals surface area contributed by atoms with E-state index in [1.165, 1.54) is 19.3 Å². The van der Waals surface area contributed by atoms with Crippen LogP contribution in [-0.4, -0.2) is 17.6 Å². The number of nitrogens with two attached hydrogens (primary N) is 1. The van der Waals surface area contributed by atoms with Gasteiger partial charge < -0.3 is 10.5 Å². The zero-order chi connectivity index (χ0) is 14.1. The third-order valence-corrected chi connectivity index (χ3v) is 4.29. The van der Waals surface area contributed by atoms with E-state index < -0.39 is 0 Å². The summed E-state index contributed by atoms with van der Waals surface area (Å²) in [4.78, 5) is 12.5. The van der Waals surface area contributed by atoms with Crippen LogP contribution in [0.1, 0.15) is 64.7 Å². The van der Waals surface area contributed by atoms with Crippen molar-refractivity contribution in [1.82, 2.24) is 0 Å². The van der Waals surface area contributed by atoms with Crippen molar-refractivity contribution in [3.63, 3.8) is 0 Å². The first-order valence-electron chi connectivity index (χ1n) is 7.61. The Kier molecular flexibility index (Phi) is 8.03. The molecule has 0 aromatic heterocycles. The Hall–Kier alpha value is -0.640. The van der Waals surface area contributed by atoms with Gasteiger partial charge in [0.05, 0.1) is 17.5 Å². The maximum absolute atomic E-state index is 11.9. The van der Waals surface area contributed by atoms with Crippen molar-refractivity contribution in [2.45, 2.75) is 64.7 Å². The fourth-order valence-electron chi connectivity index (χ4n) is 2.61. The largest absolute Gasteiger partial charge is 0.465 e. The summed E-state index contributed by atoms with van der Waals surface area (Å²) < 4.78 is 5.35. The smallest absolute Gasteiger partial charge is 0.308 e. The molecule has 2 N–H and O–H groups in total. The van der Waals surface area contributed by atoms with Crippen LogP contribution in [-0.2, 0) is 9.53 Å². The van der Waals surface area contributed by atoms with Crippen molar-refractivity contribution in [2.24, 2.45) is 17.6 Å². The first-order valence-corrected chi connectivity index (χ1v) is 8.02. The lowest BCUT2D eigenvalue weighted by Gasteiger charge is -2.26. The SMILES string of the molecule is CCCCCCCOC(=O)C1CCC(C(N)=S)CC1. The summed E-state index contributed by atoms with van der Waals surface area (Å²) in [7, 11) is 0. The number of ether oxygens (including phenoxy) is 1. The molecule has 0 atom stereocenters. The molecular weight excluding hydrogens is 258 g/mol. The third kappa shape index (κ3) is 6.37. The molecule has 1 saturated carbocycles. The van der Waals surface area contributed by atoms with Gasteiger partial charge in [-0.2, -0.15) is 0 Å². The molecule has 1 fully saturated rings. The number of hydrogen-bond donors (Lipinski definition) is 1. The summed E-state index contributed by atoms with van der Waals surface area (Å²) in [6.45, 7) is 2.78. The van der Waals surface area contributed by atoms with E-state index in [2.05, 4.69) is 6.92 Å². The van der Waals surface area contributed by atoms with Gasteiger partial charge in [-0.3, -0.25) is 4.79 Å². The monoisotopic (exact) mass is 285 g/mol. The van der Waals surface area contributed by atoms with E-state index in [1.807, 2.05) is 0 Å². The third-order valence-electron chi connectivity index (χ3n) is 3.96. The van der Waals surface area contributed by atoms with Crippen molar-refractivity contribution < 1.29 is 9.53 Å². The Morgan fingerprint density at radius 2 is 1.68 bits per heavy atom. The standard InChI is InChI=1S/C15H27NO2S/c1-2-3-4-5-6-11-18-15(17)13-9-7-12(8-10-13)14(16)19/h12-13H,2-11H2,1H3,(H2,16,19). The van der Waals surface area contributed by atoms with Crippen LogP contribution in [0, 0.1) is 11.8 Å². The number of carbonyl (C=O) groups excluding carboxylic acids is 1. The summed E-state index contributed by atoms with van der Waals surface area (Å²) in [6, 6.07) is 0. The summed E-state index contributed by atoms with van der Waals surface area (Å²) in [5.74, 6) is 0.381. The van der Waals surface area contributed by atoms with Crippen molar-refractivity contribution >= 4 is 23.2 Å². The molecule has 0 bridgehead atoms. The molecule has 0 unspecified atom stereocenters. The highest BCUT2D eigenvalue weighted by Crippen LogP contribution is 2.29. The Balaban J connectivity index is 2.09. The van der Waals surface area contributed by atoms with Gasteiger partial charge in [0.1, 0.15) is 0 Å². The fraction of sp³-hybridized carbons (Fsp3) is 0.867. The van der Waals surface area contributed by atoms with Gasteiger partial charge in [-0.05, 0) is 32.1 Å². The molecule has 1 aliphatic carbocycles. The van der Waals surface area contributed by atoms with Gasteiger partial charge in [-0.15, -0.1) is 0 Å². The van der Waals surface area contributed by atoms with Gasteiger partial charge in [-0.25, -0.2) is 0 Å². The van der Waals surface area contributed by atoms with Gasteiger partial charge in [0.15, 0.2) is 0 Å². The molecular formula is C15H27NO2S. The molecule has 0 spiro atoms. The summed E-state index contributed by atoms with van der Waals surface area (Å²) >= 11 is 5.00. The molecule has 3 nitrogen and oxygen atoms in total. The second-order valence-corrected chi connectivity index (χ2v) is 6.00. The minimum absolute atomic E-state index is 0.0168. The zero-order valence-electron chi connectivity index (χ0n) is 12.0. The molecule has 19 heavy (non-hydrogen) atoms. The fourth-order valence-corrected chi connectivity index (χ4v) is 2.85. The number of rotatable bonds is 8. The van der Waals surface area contributed by atoms with Gasteiger partial charge >= 0.3 is 5.97 Å². The second-order valence-electron chi connectivity index (χ2n) is 5.53. The van der Waals surface area contributed by atoms with Crippen molar-refractivity contribution in [1.29, 1.82) is 0 Å². The summed E-state index contributed by atoms with van der Waals surface area (Å²) in [5.41, 5.74) is 5.64. The van der Waals surface area contributed by atoms with E-state index in [1.54, 1.807) is 0 Å². The molecule has 1 aliphatic rings. The van der Waals surface area contributed by atoms with E-state index in [9.17, 15) is 4.79 Å². The Morgan fingerprint density at radius 1 is 1.11 bits per heavy atom. The normalized spacial score (nSPS) is 23.0. The van der Waals surface area contributed by atoms with Crippen LogP contribution in [0.5, 0.6) is 0 Å². The lowest BCUT2D eigenvalue weighted by atomic mass is 9.82. The van der Waals surface area contributed by atoms with Crippen molar-refractivity contribution in [3.8, 4) is 0 Å². The molecule has 0 saturated heterocycles. The molecule has 0 aromatic rings. The van der Waals surface area contributed by atoms with Crippen molar-refractivity contribution in [2.75, 3.05) is 6.61 Å². The molecule has 0 heterocycles. The number of hydrogen-bond acceptors (Lipinski definition) is 3. The number of carbonyl (C=O) groups is 1. The van der Waals surface area contributed by atoms with E-state index in [-0.39, 0.29) is 11.9 Å². The Bertz CT molecular complexity index is 286. The van der Waals surface area contributed by atoms with Crippen LogP contribution in [0.15, 0.2) is 0 Å². The quantitative estimate of drug-likeness (QED) is 0.420. The molecule has 0 amide bonds. The van der Waals surface area contributed by atoms with Crippen LogP contribution in [0.2, 0.25) is 0 Å². The molecule has 110 valence electrons. The van der Waals surface area contributed by atoms with Gasteiger partial charge in [0.2, 0.25) is 0 Å². The van der Waals surface area contributed by atoms with E-state index in [4.69, 9.17) is 22.7 Å². The van der Waals surface area contributed by atoms with Crippen LogP contribution in [0.3, 0.4) is 0 Å². The Morgan fingerprint density at radius 3 is 2.26 bits per heavy atom. The zero-order valence-corrected chi connectivity index (χ0v) is 12.8. The highest BCUT2D eigenvalue weighted by molar-refractivity contribution is 7.80. The van der Waals surface area contributed by atoms with E-state index >= 15 is 0 Å². The maximum Gasteiger partial charge on any atom is 0.308 e. The van der Waals surface area contributed by atoms with E-state index in [0.29, 0.717) is 17.5 Å². The van der Waals surface area contributed by atoms with Gasteiger partial charge in [-0.1, -0.05) is 44.8 Å². The minimum Gasteiger partial charge on any atom is -0.465 e. The average Bonchev–Trinajstić information content (AvgIpc) is 2.42. The Labute approximate surface area is 122 Å². The molecule has 4 heteroatoms. The van der Waals surface area contributed by atoms with Crippen molar-refractivity contribution in [3.05, 3.63) is 0 Å². The molecule has 1 rings (SSSR count). The number of thiocarbonyl (C=S) groups is 1. The first-order chi connectivity index (χ1) is 9.15. The summed E-state index contributed by atoms with van der Waals surface area (Å²) in [5, 5.41) is 0. The minimum atomic E-state index is -0.0168. The van der Waals surface area contributed by atoms with Crippen LogP contribution in [0.4, 0.5) is 0 Å². The molecule has 0 aromatic carbocycles. The highest BCUT2D eigenvalue weighted by atomic mass is 32.1. The van der Waals surface area contributed by atoms with E-state index in [0.717, 1.165) is 38.5 Å². The lowest BCUT2D eigenvalue weighted by Crippen LogP contribution is -2.29. The lowest BCUT2D eigenvalue weighted by molar-refractivity contribution is -0.149. The van der Waals surface area contributed by atoms with Crippen LogP contribution < -0.4 is 5.73 Å². The van der Waals surface area contributed by atoms with Gasteiger partial charge in [0, 0.05) is 5.92 Å². The first kappa shape index (κ1) is 16.4. The topological polar surface area (TPSA) is 52.3 Å². The predicted octanol–water partition coefficient (Wildman–Crippen LogP) is 3.59. The number of esters is 1. The average molecular weight is 285 g/mol.